The predicted molar refractivity (Wildman–Crippen MR) is 172 cm³/mol. The van der Waals surface area contributed by atoms with E-state index in [-0.39, 0.29) is 51.4 Å². The number of hydrogen-bond donors (Lipinski definition) is 4. The number of aromatic carboxylic acids is 2. The highest BCUT2D eigenvalue weighted by Crippen LogP contribution is 2.41. The smallest absolute Gasteiger partial charge is 0.335 e. The number of benzene rings is 4. The number of phenols is 1. The van der Waals surface area contributed by atoms with Crippen LogP contribution in [0.25, 0.3) is 39.6 Å². The van der Waals surface area contributed by atoms with Gasteiger partial charge in [0.05, 0.1) is 28.1 Å². The van der Waals surface area contributed by atoms with Gasteiger partial charge in [-0.2, -0.15) is 0 Å². The Morgan fingerprint density at radius 3 is 1.65 bits per heavy atom. The van der Waals surface area contributed by atoms with Gasteiger partial charge in [0.2, 0.25) is 6.41 Å². The van der Waals surface area contributed by atoms with Crippen LogP contribution in [0.4, 0.5) is 13.2 Å². The summed E-state index contributed by atoms with van der Waals surface area (Å²) in [5.41, 5.74) is 0.359. The summed E-state index contributed by atoms with van der Waals surface area (Å²) in [6.45, 7) is 3.44. The summed E-state index contributed by atoms with van der Waals surface area (Å²) < 4.78 is 43.4. The van der Waals surface area contributed by atoms with Gasteiger partial charge in [-0.15, -0.1) is 0 Å². The molecule has 0 saturated carbocycles. The van der Waals surface area contributed by atoms with Crippen LogP contribution in [0, 0.1) is 17.5 Å². The maximum atomic E-state index is 14.4. The van der Waals surface area contributed by atoms with Gasteiger partial charge in [0.15, 0.2) is 0 Å². The zero-order valence-electron chi connectivity index (χ0n) is 26.2. The molecule has 1 aromatic heterocycles. The standard InChI is InChI=1S/C29H17F3N2O5.C3H7NO.C3H8O/c30-19-5-1-15(2-6-19)25-26(16-3-7-20(31)8-4-16)34(27(33-25)23-14-21(32)9-10-24(23)35)22-12-17(28(36)37)11-18(13-22)29(38)39;1-4(2)3-5;1-3(2)4/h1-14,35H,(H,36,37)(H,38,39);3H,1-2H3;3-4H,1-2H3. The van der Waals surface area contributed by atoms with Gasteiger partial charge in [-0.1, -0.05) is 0 Å². The Bertz CT molecular complexity index is 1870. The average molecular weight is 664 g/mol. The Kier molecular flexibility index (Phi) is 12.2. The summed E-state index contributed by atoms with van der Waals surface area (Å²) >= 11 is 0. The third kappa shape index (κ3) is 9.30. The lowest BCUT2D eigenvalue weighted by Gasteiger charge is -2.16. The fraction of sp³-hybridized carbons (Fsp3) is 0.143. The van der Waals surface area contributed by atoms with Gasteiger partial charge in [-0.05, 0) is 98.8 Å². The number of carbonyl (C=O) groups is 3. The molecule has 0 unspecified atom stereocenters. The molecule has 1 heterocycles. The number of carboxylic acid groups (broad SMARTS) is 2. The molecule has 5 rings (SSSR count). The largest absolute Gasteiger partial charge is 0.507 e. The van der Waals surface area contributed by atoms with Crippen LogP contribution in [0.15, 0.2) is 84.9 Å². The number of nitrogens with zero attached hydrogens (tertiary/aromatic N) is 3. The molecule has 250 valence electrons. The fourth-order valence-electron chi connectivity index (χ4n) is 4.21. The van der Waals surface area contributed by atoms with Crippen molar-refractivity contribution in [1.82, 2.24) is 14.5 Å². The Morgan fingerprint density at radius 1 is 0.771 bits per heavy atom. The number of hydrogen-bond acceptors (Lipinski definition) is 6. The minimum absolute atomic E-state index is 0.00569. The normalized spacial score (nSPS) is 10.4. The predicted octanol–water partition coefficient (Wildman–Crippen LogP) is 6.48. The Morgan fingerprint density at radius 2 is 1.21 bits per heavy atom. The van der Waals surface area contributed by atoms with Crippen LogP contribution in [0.5, 0.6) is 5.75 Å². The van der Waals surface area contributed by atoms with Crippen LogP contribution >= 0.6 is 0 Å². The van der Waals surface area contributed by atoms with Crippen molar-refractivity contribution in [3.63, 3.8) is 0 Å². The molecule has 0 aliphatic heterocycles. The Hall–Kier alpha value is -5.95. The quantitative estimate of drug-likeness (QED) is 0.144. The topological polar surface area (TPSA) is 153 Å². The van der Waals surface area contributed by atoms with E-state index in [0.29, 0.717) is 11.1 Å². The van der Waals surface area contributed by atoms with Crippen LogP contribution in [-0.2, 0) is 4.79 Å². The number of carbonyl (C=O) groups excluding carboxylic acids is 1. The van der Waals surface area contributed by atoms with Gasteiger partial charge >= 0.3 is 11.9 Å². The number of imidazole rings is 1. The van der Waals surface area contributed by atoms with Crippen LogP contribution in [0.1, 0.15) is 34.6 Å². The van der Waals surface area contributed by atoms with Crippen molar-refractivity contribution in [3.05, 3.63) is 114 Å². The van der Waals surface area contributed by atoms with Gasteiger partial charge in [-0.3, -0.25) is 9.36 Å². The highest BCUT2D eigenvalue weighted by molar-refractivity contribution is 5.95. The first kappa shape index (κ1) is 36.5. The Labute approximate surface area is 273 Å². The van der Waals surface area contributed by atoms with Gasteiger partial charge < -0.3 is 25.3 Å². The lowest BCUT2D eigenvalue weighted by Crippen LogP contribution is -2.07. The fourth-order valence-corrected chi connectivity index (χ4v) is 4.21. The molecule has 10 nitrogen and oxygen atoms in total. The molecule has 0 bridgehead atoms. The molecule has 5 aromatic rings. The zero-order chi connectivity index (χ0) is 35.7. The van der Waals surface area contributed by atoms with E-state index in [4.69, 9.17) is 5.11 Å². The van der Waals surface area contributed by atoms with E-state index in [1.165, 1.54) is 70.1 Å². The first-order valence-corrected chi connectivity index (χ1v) is 14.2. The van der Waals surface area contributed by atoms with E-state index in [9.17, 15) is 42.9 Å². The van der Waals surface area contributed by atoms with Crippen LogP contribution < -0.4 is 0 Å². The van der Waals surface area contributed by atoms with Crippen molar-refractivity contribution in [2.75, 3.05) is 14.1 Å². The molecule has 0 fully saturated rings. The molecular formula is C35H32F3N3O7. The molecular weight excluding hydrogens is 631 g/mol. The first-order chi connectivity index (χ1) is 22.6. The summed E-state index contributed by atoms with van der Waals surface area (Å²) in [7, 11) is 3.38. The molecule has 0 saturated heterocycles. The van der Waals surface area contributed by atoms with E-state index in [2.05, 4.69) is 4.98 Å². The second kappa shape index (κ2) is 16.1. The maximum absolute atomic E-state index is 14.4. The van der Waals surface area contributed by atoms with E-state index >= 15 is 0 Å². The second-order valence-corrected chi connectivity index (χ2v) is 10.7. The van der Waals surface area contributed by atoms with Crippen LogP contribution in [-0.4, -0.2) is 73.4 Å². The average Bonchev–Trinajstić information content (AvgIpc) is 3.43. The molecule has 13 heteroatoms. The number of carboxylic acids is 2. The number of aromatic nitrogens is 2. The molecule has 0 spiro atoms. The molecule has 0 aliphatic carbocycles. The lowest BCUT2D eigenvalue weighted by molar-refractivity contribution is -0.115. The number of phenolic OH excluding ortho intramolecular Hbond substituents is 1. The minimum atomic E-state index is -1.41. The number of amides is 1. The summed E-state index contributed by atoms with van der Waals surface area (Å²) in [6, 6.07) is 16.9. The van der Waals surface area contributed by atoms with Gasteiger partial charge in [0, 0.05) is 37.0 Å². The summed E-state index contributed by atoms with van der Waals surface area (Å²) in [5.74, 6) is -5.04. The number of halogens is 3. The first-order valence-electron chi connectivity index (χ1n) is 14.2. The van der Waals surface area contributed by atoms with E-state index in [1.807, 2.05) is 0 Å². The SMILES string of the molecule is CC(C)O.CN(C)C=O.O=C(O)c1cc(C(=O)O)cc(-n2c(-c3cc(F)ccc3O)nc(-c3ccc(F)cc3)c2-c2ccc(F)cc2)c1. The van der Waals surface area contributed by atoms with Crippen LogP contribution in [0.2, 0.25) is 0 Å². The number of aromatic hydroxyl groups is 1. The van der Waals surface area contributed by atoms with Crippen LogP contribution in [0.3, 0.4) is 0 Å². The number of rotatable bonds is 7. The van der Waals surface area contributed by atoms with Crippen molar-refractivity contribution < 1.29 is 48.0 Å². The lowest BCUT2D eigenvalue weighted by atomic mass is 10.0. The van der Waals surface area contributed by atoms with E-state index < -0.39 is 29.4 Å². The monoisotopic (exact) mass is 663 g/mol. The molecule has 0 radical (unpaired) electrons. The molecule has 4 N–H and O–H groups in total. The highest BCUT2D eigenvalue weighted by atomic mass is 19.1. The van der Waals surface area contributed by atoms with Gasteiger partial charge in [0.1, 0.15) is 29.0 Å². The summed E-state index contributed by atoms with van der Waals surface area (Å²) in [4.78, 5) is 39.3. The molecule has 4 aromatic carbocycles. The zero-order valence-corrected chi connectivity index (χ0v) is 26.2. The third-order valence-electron chi connectivity index (χ3n) is 6.19. The van der Waals surface area contributed by atoms with Crippen molar-refractivity contribution in [2.45, 2.75) is 20.0 Å². The third-order valence-corrected chi connectivity index (χ3v) is 6.19. The maximum Gasteiger partial charge on any atom is 0.335 e. The summed E-state index contributed by atoms with van der Waals surface area (Å²) in [6.07, 6.45) is 0.583. The number of aliphatic hydroxyl groups excluding tert-OH is 1. The summed E-state index contributed by atoms with van der Waals surface area (Å²) in [5, 5.41) is 38.0. The van der Waals surface area contributed by atoms with Crippen molar-refractivity contribution in [3.8, 4) is 45.3 Å². The molecule has 48 heavy (non-hydrogen) atoms. The van der Waals surface area contributed by atoms with Crippen molar-refractivity contribution in [2.24, 2.45) is 0 Å². The Balaban J connectivity index is 0.000000617. The van der Waals surface area contributed by atoms with E-state index in [1.54, 1.807) is 27.9 Å². The van der Waals surface area contributed by atoms with Crippen molar-refractivity contribution in [1.29, 1.82) is 0 Å². The van der Waals surface area contributed by atoms with Crippen molar-refractivity contribution >= 4 is 18.3 Å². The van der Waals surface area contributed by atoms with E-state index in [0.717, 1.165) is 30.7 Å². The van der Waals surface area contributed by atoms with Gasteiger partial charge in [0.25, 0.3) is 0 Å². The molecule has 0 atom stereocenters. The molecule has 1 amide bonds. The number of aliphatic hydroxyl groups is 1. The van der Waals surface area contributed by atoms with Gasteiger partial charge in [-0.25, -0.2) is 27.7 Å². The highest BCUT2D eigenvalue weighted by Gasteiger charge is 2.26. The second-order valence-electron chi connectivity index (χ2n) is 10.7. The minimum Gasteiger partial charge on any atom is -0.507 e. The molecule has 0 aliphatic rings.